The number of aromatic amines is 1. The molecule has 0 saturated carbocycles. The van der Waals surface area contributed by atoms with Gasteiger partial charge in [-0.2, -0.15) is 0 Å². The molecule has 3 rings (SSSR count). The van der Waals surface area contributed by atoms with E-state index in [1.165, 1.54) is 0 Å². The fourth-order valence-electron chi connectivity index (χ4n) is 3.65. The highest BCUT2D eigenvalue weighted by atomic mass is 16.5. The van der Waals surface area contributed by atoms with Crippen LogP contribution in [0.3, 0.4) is 0 Å². The summed E-state index contributed by atoms with van der Waals surface area (Å²) in [7, 11) is 0. The van der Waals surface area contributed by atoms with Gasteiger partial charge >= 0.3 is 5.97 Å². The standard InChI is InChI=1S/C18H24N2O5/c21-16-13(9-11-5-2-1-3-7-14(11)19-16)17(22)20-15(18(23)24)12-6-4-8-25-10-12/h9,12,15H,1-8,10H2,(H,19,21)(H,20,22)(H,23,24). The fraction of sp³-hybridized carbons (Fsp3) is 0.611. The highest BCUT2D eigenvalue weighted by Crippen LogP contribution is 2.20. The van der Waals surface area contributed by atoms with Gasteiger partial charge in [0.2, 0.25) is 0 Å². The van der Waals surface area contributed by atoms with Crippen molar-refractivity contribution >= 4 is 11.9 Å². The lowest BCUT2D eigenvalue weighted by molar-refractivity contribution is -0.142. The van der Waals surface area contributed by atoms with Crippen LogP contribution in [0.2, 0.25) is 0 Å². The maximum Gasteiger partial charge on any atom is 0.326 e. The molecule has 0 bridgehead atoms. The Morgan fingerprint density at radius 1 is 1.24 bits per heavy atom. The number of pyridine rings is 1. The second-order valence-electron chi connectivity index (χ2n) is 6.84. The number of aliphatic carboxylic acids is 1. The largest absolute Gasteiger partial charge is 0.480 e. The van der Waals surface area contributed by atoms with Gasteiger partial charge in [0, 0.05) is 18.2 Å². The zero-order valence-corrected chi connectivity index (χ0v) is 14.2. The van der Waals surface area contributed by atoms with Gasteiger partial charge in [-0.1, -0.05) is 6.42 Å². The molecule has 2 heterocycles. The number of fused-ring (bicyclic) bond motifs is 1. The molecule has 0 aromatic carbocycles. The van der Waals surface area contributed by atoms with Crippen molar-refractivity contribution in [3.8, 4) is 0 Å². The Bertz CT molecular complexity index is 706. The van der Waals surface area contributed by atoms with Crippen LogP contribution in [0.1, 0.15) is 53.7 Å². The Balaban J connectivity index is 1.80. The molecule has 7 nitrogen and oxygen atoms in total. The van der Waals surface area contributed by atoms with Gasteiger partial charge in [0.1, 0.15) is 11.6 Å². The number of aromatic nitrogens is 1. The zero-order valence-electron chi connectivity index (χ0n) is 14.2. The molecule has 1 aliphatic heterocycles. The van der Waals surface area contributed by atoms with Crippen molar-refractivity contribution in [1.29, 1.82) is 0 Å². The summed E-state index contributed by atoms with van der Waals surface area (Å²) in [6, 6.07) is 0.580. The summed E-state index contributed by atoms with van der Waals surface area (Å²) >= 11 is 0. The maximum atomic E-state index is 12.6. The fourth-order valence-corrected chi connectivity index (χ4v) is 3.65. The van der Waals surface area contributed by atoms with Gasteiger partial charge in [0.25, 0.3) is 11.5 Å². The topological polar surface area (TPSA) is 108 Å². The normalized spacial score (nSPS) is 21.7. The van der Waals surface area contributed by atoms with E-state index in [4.69, 9.17) is 4.74 Å². The lowest BCUT2D eigenvalue weighted by Crippen LogP contribution is -2.49. The molecular formula is C18H24N2O5. The number of H-pyrrole nitrogens is 1. The second kappa shape index (κ2) is 7.82. The Morgan fingerprint density at radius 3 is 2.76 bits per heavy atom. The van der Waals surface area contributed by atoms with Gasteiger partial charge in [-0.3, -0.25) is 9.59 Å². The first-order valence-electron chi connectivity index (χ1n) is 8.92. The Hall–Kier alpha value is -2.15. The minimum Gasteiger partial charge on any atom is -0.480 e. The molecule has 1 amide bonds. The van der Waals surface area contributed by atoms with E-state index in [0.717, 1.165) is 49.8 Å². The third-order valence-electron chi connectivity index (χ3n) is 5.05. The first kappa shape index (κ1) is 17.7. The van der Waals surface area contributed by atoms with Gasteiger partial charge in [-0.15, -0.1) is 0 Å². The Morgan fingerprint density at radius 2 is 2.04 bits per heavy atom. The monoisotopic (exact) mass is 348 g/mol. The SMILES string of the molecule is O=C(NC(C(=O)O)C1CCCOC1)c1cc2c([nH]c1=O)CCCCC2. The molecular weight excluding hydrogens is 324 g/mol. The van der Waals surface area contributed by atoms with Crippen LogP contribution in [0.4, 0.5) is 0 Å². The maximum absolute atomic E-state index is 12.6. The van der Waals surface area contributed by atoms with Crippen molar-refractivity contribution < 1.29 is 19.4 Å². The second-order valence-corrected chi connectivity index (χ2v) is 6.84. The van der Waals surface area contributed by atoms with Crippen molar-refractivity contribution in [3.63, 3.8) is 0 Å². The number of rotatable bonds is 4. The Labute approximate surface area is 145 Å². The number of nitrogens with one attached hydrogen (secondary N) is 2. The van der Waals surface area contributed by atoms with Crippen molar-refractivity contribution in [2.24, 2.45) is 5.92 Å². The van der Waals surface area contributed by atoms with E-state index in [2.05, 4.69) is 10.3 Å². The van der Waals surface area contributed by atoms with Crippen LogP contribution in [0.15, 0.2) is 10.9 Å². The highest BCUT2D eigenvalue weighted by molar-refractivity contribution is 5.96. The van der Waals surface area contributed by atoms with Crippen LogP contribution in [-0.4, -0.2) is 41.2 Å². The Kier molecular flexibility index (Phi) is 5.53. The number of carboxylic acids is 1. The molecule has 25 heavy (non-hydrogen) atoms. The number of ether oxygens (including phenoxy) is 1. The van der Waals surface area contributed by atoms with Crippen LogP contribution in [0, 0.1) is 5.92 Å². The number of hydrogen-bond donors (Lipinski definition) is 3. The molecule has 1 aliphatic carbocycles. The van der Waals surface area contributed by atoms with E-state index in [0.29, 0.717) is 19.6 Å². The van der Waals surface area contributed by atoms with E-state index in [-0.39, 0.29) is 11.5 Å². The highest BCUT2D eigenvalue weighted by Gasteiger charge is 2.32. The van der Waals surface area contributed by atoms with Gasteiger partial charge in [0.05, 0.1) is 6.61 Å². The summed E-state index contributed by atoms with van der Waals surface area (Å²) < 4.78 is 5.33. The van der Waals surface area contributed by atoms with Crippen LogP contribution >= 0.6 is 0 Å². The minimum absolute atomic E-state index is 0.0105. The van der Waals surface area contributed by atoms with Crippen LogP contribution in [0.25, 0.3) is 0 Å². The number of hydrogen-bond acceptors (Lipinski definition) is 4. The molecule has 1 aromatic heterocycles. The zero-order chi connectivity index (χ0) is 17.8. The van der Waals surface area contributed by atoms with Gasteiger partial charge in [-0.25, -0.2) is 4.79 Å². The average molecular weight is 348 g/mol. The number of carboxylic acid groups (broad SMARTS) is 1. The van der Waals surface area contributed by atoms with E-state index in [1.54, 1.807) is 6.07 Å². The van der Waals surface area contributed by atoms with Crippen molar-refractivity contribution in [3.05, 3.63) is 33.2 Å². The summed E-state index contributed by atoms with van der Waals surface area (Å²) in [6.45, 7) is 0.916. The lowest BCUT2D eigenvalue weighted by atomic mass is 9.93. The van der Waals surface area contributed by atoms with Crippen molar-refractivity contribution in [2.45, 2.75) is 51.0 Å². The summed E-state index contributed by atoms with van der Waals surface area (Å²) in [5.41, 5.74) is 1.41. The van der Waals surface area contributed by atoms with Gasteiger partial charge in [-0.05, 0) is 50.2 Å². The van der Waals surface area contributed by atoms with E-state index < -0.39 is 23.5 Å². The first-order chi connectivity index (χ1) is 12.1. The molecule has 7 heteroatoms. The molecule has 136 valence electrons. The number of carbonyl (C=O) groups is 2. The van der Waals surface area contributed by atoms with Crippen molar-refractivity contribution in [2.75, 3.05) is 13.2 Å². The molecule has 3 N–H and O–H groups in total. The van der Waals surface area contributed by atoms with E-state index >= 15 is 0 Å². The molecule has 0 radical (unpaired) electrons. The number of carbonyl (C=O) groups excluding carboxylic acids is 1. The van der Waals surface area contributed by atoms with E-state index in [9.17, 15) is 19.5 Å². The molecule has 1 fully saturated rings. The quantitative estimate of drug-likeness (QED) is 0.710. The van der Waals surface area contributed by atoms with Gasteiger partial charge < -0.3 is 20.1 Å². The summed E-state index contributed by atoms with van der Waals surface area (Å²) in [4.78, 5) is 39.2. The summed E-state index contributed by atoms with van der Waals surface area (Å²) in [5.74, 6) is -2.02. The molecule has 1 saturated heterocycles. The van der Waals surface area contributed by atoms with E-state index in [1.807, 2.05) is 0 Å². The molecule has 1 aromatic rings. The third-order valence-corrected chi connectivity index (χ3v) is 5.05. The van der Waals surface area contributed by atoms with Gasteiger partial charge in [0.15, 0.2) is 0 Å². The van der Waals surface area contributed by atoms with Crippen LogP contribution in [0.5, 0.6) is 0 Å². The average Bonchev–Trinajstić information content (AvgIpc) is 2.84. The molecule has 2 aliphatic rings. The predicted octanol–water partition coefficient (Wildman–Crippen LogP) is 1.25. The third kappa shape index (κ3) is 4.10. The molecule has 0 spiro atoms. The summed E-state index contributed by atoms with van der Waals surface area (Å²) in [6.07, 6.45) is 6.23. The van der Waals surface area contributed by atoms with Crippen molar-refractivity contribution in [1.82, 2.24) is 10.3 Å². The first-order valence-corrected chi connectivity index (χ1v) is 8.92. The summed E-state index contributed by atoms with van der Waals surface area (Å²) in [5, 5.41) is 12.0. The number of aryl methyl sites for hydroxylation is 2. The minimum atomic E-state index is -1.10. The van der Waals surface area contributed by atoms with Crippen LogP contribution < -0.4 is 10.9 Å². The smallest absolute Gasteiger partial charge is 0.326 e. The lowest BCUT2D eigenvalue weighted by Gasteiger charge is -2.28. The van der Waals surface area contributed by atoms with Crippen LogP contribution in [-0.2, 0) is 22.4 Å². The number of amides is 1. The molecule has 2 atom stereocenters. The molecule has 2 unspecified atom stereocenters. The predicted molar refractivity (Wildman–Crippen MR) is 90.8 cm³/mol.